The molecule has 10 heteroatoms. The highest BCUT2D eigenvalue weighted by atomic mass is 32.2. The van der Waals surface area contributed by atoms with Crippen LogP contribution in [0.4, 0.5) is 13.2 Å². The van der Waals surface area contributed by atoms with Crippen LogP contribution in [-0.4, -0.2) is 43.1 Å². The first kappa shape index (κ1) is 17.7. The maximum atomic E-state index is 13.1. The summed E-state index contributed by atoms with van der Waals surface area (Å²) >= 11 is 0. The molecular formula is C13H13F3O6S. The number of alkyl halides is 3. The Hall–Kier alpha value is -1.65. The van der Waals surface area contributed by atoms with Crippen LogP contribution in [0.25, 0.3) is 0 Å². The molecule has 128 valence electrons. The molecular weight excluding hydrogens is 341 g/mol. The Bertz CT molecular complexity index is 711. The van der Waals surface area contributed by atoms with Crippen LogP contribution in [0.2, 0.25) is 0 Å². The summed E-state index contributed by atoms with van der Waals surface area (Å²) < 4.78 is 78.9. The zero-order valence-corrected chi connectivity index (χ0v) is 12.6. The van der Waals surface area contributed by atoms with E-state index in [-0.39, 0.29) is 11.7 Å². The summed E-state index contributed by atoms with van der Waals surface area (Å²) in [7, 11) is -5.02. The van der Waals surface area contributed by atoms with Gasteiger partial charge in [-0.2, -0.15) is 21.6 Å². The summed E-state index contributed by atoms with van der Waals surface area (Å²) in [6, 6.07) is 5.62. The summed E-state index contributed by atoms with van der Waals surface area (Å²) in [6.45, 7) is 0.827. The predicted molar refractivity (Wildman–Crippen MR) is 71.4 cm³/mol. The minimum atomic E-state index is -5.18. The van der Waals surface area contributed by atoms with E-state index < -0.39 is 33.6 Å². The van der Waals surface area contributed by atoms with Gasteiger partial charge >= 0.3 is 12.1 Å². The van der Waals surface area contributed by atoms with Gasteiger partial charge in [0.05, 0.1) is 12.2 Å². The molecule has 0 aromatic heterocycles. The normalized spacial score (nSPS) is 20.7. The van der Waals surface area contributed by atoms with Crippen LogP contribution in [0.5, 0.6) is 0 Å². The number of ether oxygens (including phenoxy) is 2. The lowest BCUT2D eigenvalue weighted by atomic mass is 10.1. The molecule has 1 aliphatic heterocycles. The lowest BCUT2D eigenvalue weighted by Gasteiger charge is -2.30. The quantitative estimate of drug-likeness (QED) is 0.495. The Morgan fingerprint density at radius 3 is 2.52 bits per heavy atom. The van der Waals surface area contributed by atoms with Crippen LogP contribution in [0.15, 0.2) is 24.3 Å². The molecule has 0 saturated carbocycles. The zero-order valence-electron chi connectivity index (χ0n) is 11.8. The van der Waals surface area contributed by atoms with Crippen LogP contribution in [0.3, 0.4) is 0 Å². The van der Waals surface area contributed by atoms with Gasteiger partial charge in [-0.15, -0.1) is 0 Å². The number of epoxide rings is 1. The molecule has 0 aliphatic carbocycles. The van der Waals surface area contributed by atoms with Crippen molar-refractivity contribution in [1.82, 2.24) is 0 Å². The second-order valence-corrected chi connectivity index (χ2v) is 6.74. The summed E-state index contributed by atoms with van der Waals surface area (Å²) in [5.74, 6) is -3.14. The van der Waals surface area contributed by atoms with E-state index in [2.05, 4.69) is 4.74 Å². The molecule has 0 spiro atoms. The highest BCUT2D eigenvalue weighted by Crippen LogP contribution is 2.36. The number of esters is 1. The summed E-state index contributed by atoms with van der Waals surface area (Å²) in [5.41, 5.74) is -2.95. The number of carbonyl (C=O) groups excluding carboxylic acids is 1. The first-order valence-electron chi connectivity index (χ1n) is 6.38. The van der Waals surface area contributed by atoms with E-state index in [0.29, 0.717) is 19.1 Å². The second-order valence-electron chi connectivity index (χ2n) is 5.29. The SMILES string of the molecule is CC(CS(=O)(=O)O)(OC(=O)c1cccc(C2CO2)c1)C(F)(F)F. The number of hydrogen-bond acceptors (Lipinski definition) is 5. The lowest BCUT2D eigenvalue weighted by Crippen LogP contribution is -2.51. The second kappa shape index (κ2) is 5.77. The molecule has 6 nitrogen and oxygen atoms in total. The third-order valence-corrected chi connectivity index (χ3v) is 4.12. The third-order valence-electron chi connectivity index (χ3n) is 3.20. The van der Waals surface area contributed by atoms with Gasteiger partial charge in [0.2, 0.25) is 5.60 Å². The van der Waals surface area contributed by atoms with Gasteiger partial charge in [-0.3, -0.25) is 4.55 Å². The number of carbonyl (C=O) groups is 1. The van der Waals surface area contributed by atoms with Crippen molar-refractivity contribution in [2.45, 2.75) is 24.8 Å². The van der Waals surface area contributed by atoms with Crippen molar-refractivity contribution in [2.75, 3.05) is 12.4 Å². The summed E-state index contributed by atoms with van der Waals surface area (Å²) in [4.78, 5) is 11.9. The molecule has 1 aromatic carbocycles. The fourth-order valence-electron chi connectivity index (χ4n) is 1.89. The number of hydrogen-bond donors (Lipinski definition) is 1. The maximum Gasteiger partial charge on any atom is 0.429 e. The van der Waals surface area contributed by atoms with Crippen molar-refractivity contribution in [2.24, 2.45) is 0 Å². The molecule has 2 atom stereocenters. The van der Waals surface area contributed by atoms with E-state index >= 15 is 0 Å². The first-order valence-corrected chi connectivity index (χ1v) is 7.99. The van der Waals surface area contributed by atoms with Crippen molar-refractivity contribution >= 4 is 16.1 Å². The van der Waals surface area contributed by atoms with Gasteiger partial charge in [-0.1, -0.05) is 12.1 Å². The lowest BCUT2D eigenvalue weighted by molar-refractivity contribution is -0.243. The Morgan fingerprint density at radius 1 is 1.43 bits per heavy atom. The Labute approximate surface area is 129 Å². The molecule has 0 amide bonds. The fraction of sp³-hybridized carbons (Fsp3) is 0.462. The molecule has 1 N–H and O–H groups in total. The molecule has 1 fully saturated rings. The van der Waals surface area contributed by atoms with E-state index in [1.165, 1.54) is 18.2 Å². The molecule has 2 rings (SSSR count). The molecule has 1 aromatic rings. The largest absolute Gasteiger partial charge is 0.445 e. The van der Waals surface area contributed by atoms with E-state index in [0.717, 1.165) is 0 Å². The number of benzene rings is 1. The molecule has 1 saturated heterocycles. The maximum absolute atomic E-state index is 13.1. The smallest absolute Gasteiger partial charge is 0.429 e. The van der Waals surface area contributed by atoms with Crippen molar-refractivity contribution < 1.29 is 40.4 Å². The average molecular weight is 354 g/mol. The molecule has 2 unspecified atom stereocenters. The predicted octanol–water partition coefficient (Wildman–Crippen LogP) is 2.12. The van der Waals surface area contributed by atoms with Crippen LogP contribution in [0, 0.1) is 0 Å². The van der Waals surface area contributed by atoms with E-state index in [1.807, 2.05) is 0 Å². The summed E-state index contributed by atoms with van der Waals surface area (Å²) in [5, 5.41) is 0. The molecule has 1 aliphatic rings. The van der Waals surface area contributed by atoms with Crippen molar-refractivity contribution in [1.29, 1.82) is 0 Å². The van der Waals surface area contributed by atoms with Gasteiger partial charge in [-0.25, -0.2) is 4.79 Å². The topological polar surface area (TPSA) is 93.2 Å². The molecule has 1 heterocycles. The summed E-state index contributed by atoms with van der Waals surface area (Å²) in [6.07, 6.45) is -5.40. The monoisotopic (exact) mass is 354 g/mol. The molecule has 0 bridgehead atoms. The van der Waals surface area contributed by atoms with E-state index in [4.69, 9.17) is 9.29 Å². The van der Waals surface area contributed by atoms with Gasteiger partial charge in [0.15, 0.2) is 0 Å². The standard InChI is InChI=1S/C13H13F3O6S/c1-12(13(14,15)16,7-23(18,19)20)22-11(17)9-4-2-3-8(5-9)10-6-21-10/h2-5,10H,6-7H2,1H3,(H,18,19,20). The first-order chi connectivity index (χ1) is 10.4. The number of rotatable bonds is 5. The number of halogens is 3. The highest BCUT2D eigenvalue weighted by molar-refractivity contribution is 7.85. The fourth-order valence-corrected chi connectivity index (χ4v) is 2.81. The zero-order chi connectivity index (χ0) is 17.5. The highest BCUT2D eigenvalue weighted by Gasteiger charge is 2.57. The van der Waals surface area contributed by atoms with Crippen molar-refractivity contribution in [3.05, 3.63) is 35.4 Å². The van der Waals surface area contributed by atoms with Crippen molar-refractivity contribution in [3.63, 3.8) is 0 Å². The van der Waals surface area contributed by atoms with Crippen LogP contribution in [-0.2, 0) is 19.6 Å². The van der Waals surface area contributed by atoms with E-state index in [9.17, 15) is 26.4 Å². The van der Waals surface area contributed by atoms with Gasteiger partial charge in [-0.05, 0) is 24.6 Å². The van der Waals surface area contributed by atoms with Gasteiger partial charge in [0, 0.05) is 0 Å². The van der Waals surface area contributed by atoms with E-state index in [1.54, 1.807) is 6.07 Å². The minimum absolute atomic E-state index is 0.177. The molecule has 0 radical (unpaired) electrons. The Morgan fingerprint density at radius 2 is 2.04 bits per heavy atom. The molecule has 23 heavy (non-hydrogen) atoms. The van der Waals surface area contributed by atoms with Gasteiger partial charge in [0.1, 0.15) is 11.9 Å². The van der Waals surface area contributed by atoms with Crippen LogP contribution < -0.4 is 0 Å². The average Bonchev–Trinajstić information content (AvgIpc) is 3.19. The van der Waals surface area contributed by atoms with Gasteiger partial charge < -0.3 is 9.47 Å². The third kappa shape index (κ3) is 4.43. The van der Waals surface area contributed by atoms with Crippen LogP contribution >= 0.6 is 0 Å². The minimum Gasteiger partial charge on any atom is -0.445 e. The van der Waals surface area contributed by atoms with Crippen LogP contribution in [0.1, 0.15) is 28.9 Å². The Balaban J connectivity index is 2.25. The Kier molecular flexibility index (Phi) is 4.44. The van der Waals surface area contributed by atoms with Gasteiger partial charge in [0.25, 0.3) is 10.1 Å². The van der Waals surface area contributed by atoms with Crippen molar-refractivity contribution in [3.8, 4) is 0 Å².